The predicted molar refractivity (Wildman–Crippen MR) is 269 cm³/mol. The van der Waals surface area contributed by atoms with Crippen molar-refractivity contribution in [1.82, 2.24) is 49.8 Å². The molecule has 0 saturated carbocycles. The van der Waals surface area contributed by atoms with Gasteiger partial charge in [0, 0.05) is 75.2 Å². The van der Waals surface area contributed by atoms with Gasteiger partial charge in [-0.05, 0) is 163 Å². The molecular formula is C54H46N10O8Ru. The fraction of sp³-hybridized carbons (Fsp3) is 0.185. The third kappa shape index (κ3) is 10.1. The van der Waals surface area contributed by atoms with Crippen molar-refractivity contribution in [2.24, 2.45) is 0 Å². The number of pyridine rings is 2. The number of aromatic carboxylic acids is 2. The Morgan fingerprint density at radius 1 is 0.438 bits per heavy atom. The number of carbonyl (C=O) groups is 2. The van der Waals surface area contributed by atoms with Crippen LogP contribution in [0.2, 0.25) is 0 Å². The molecule has 73 heavy (non-hydrogen) atoms. The van der Waals surface area contributed by atoms with Gasteiger partial charge in [0.1, 0.15) is 13.2 Å². The summed E-state index contributed by atoms with van der Waals surface area (Å²) in [4.78, 5) is 76.8. The number of aryl methyl sites for hydroxylation is 8. The van der Waals surface area contributed by atoms with Gasteiger partial charge < -0.3 is 40.1 Å². The number of fused-ring (bicyclic) bond motifs is 20. The van der Waals surface area contributed by atoms with Gasteiger partial charge >= 0.3 is 31.4 Å². The summed E-state index contributed by atoms with van der Waals surface area (Å²) in [5.74, 6) is -0.278. The molecule has 0 fully saturated rings. The Hall–Kier alpha value is -8.06. The van der Waals surface area contributed by atoms with Crippen LogP contribution in [0.4, 0.5) is 0 Å². The summed E-state index contributed by atoms with van der Waals surface area (Å²) in [7, 11) is 0. The fourth-order valence-corrected chi connectivity index (χ4v) is 8.33. The number of rotatable bonds is 6. The van der Waals surface area contributed by atoms with Crippen molar-refractivity contribution in [3.63, 3.8) is 0 Å². The average molecular weight is 1060 g/mol. The van der Waals surface area contributed by atoms with E-state index >= 15 is 0 Å². The van der Waals surface area contributed by atoms with Crippen molar-refractivity contribution in [1.29, 1.82) is 0 Å². The maximum atomic E-state index is 10.4. The summed E-state index contributed by atoms with van der Waals surface area (Å²) in [6, 6.07) is 20.0. The van der Waals surface area contributed by atoms with Crippen molar-refractivity contribution in [2.45, 2.75) is 68.6 Å². The molecule has 0 aliphatic carbocycles. The van der Waals surface area contributed by atoms with E-state index in [2.05, 4.69) is 124 Å². The van der Waals surface area contributed by atoms with E-state index in [9.17, 15) is 9.59 Å². The molecule has 9 aromatic rings. The van der Waals surface area contributed by atoms with Gasteiger partial charge in [-0.25, -0.2) is 29.3 Å². The molecule has 0 radical (unpaired) electrons. The second-order valence-corrected chi connectivity index (χ2v) is 17.6. The second-order valence-electron chi connectivity index (χ2n) is 17.6. The molecule has 18 nitrogen and oxygen atoms in total. The van der Waals surface area contributed by atoms with Gasteiger partial charge in [0.25, 0.3) is 0 Å². The van der Waals surface area contributed by atoms with Gasteiger partial charge in [-0.2, -0.15) is 0 Å². The van der Waals surface area contributed by atoms with E-state index in [1.165, 1.54) is 12.4 Å². The average Bonchev–Trinajstić information content (AvgIpc) is 4.05. The Kier molecular flexibility index (Phi) is 14.7. The maximum absolute atomic E-state index is 10.4. The third-order valence-electron chi connectivity index (χ3n) is 12.9. The standard InChI is InChI=1S/C40H32N8.C7H9NO4.C7H5NO4.Ru/c1-17-9-25-26(10-18(17)2)34-41-33(25)45-35-27-11-19(3)20(4)12-28(27)37(42-35)47-39-31-15-23(7)24(8)16-32(31)40(44-39)48-38-30-14-22(6)21(5)13-29(30)36(43-38)46-34;9-11-4-6-1-2-8-3-7(6)5-12-10;9-6(10)4-1-2-8-3-5(4)7(11)12;/h9-16H,1-8H3;1-3,9-10H,4-5H2;1-3H,(H,9,10)(H,11,12);/q-2;;;+2. The zero-order valence-electron chi connectivity index (χ0n) is 40.7. The minimum absolute atomic E-state index is 0. The molecule has 4 aromatic carbocycles. The Labute approximate surface area is 429 Å². The molecule has 368 valence electrons. The number of nitrogens with zero attached hydrogens (tertiary/aromatic N) is 10. The zero-order valence-corrected chi connectivity index (χ0v) is 42.5. The van der Waals surface area contributed by atoms with Crippen molar-refractivity contribution < 1.29 is 59.6 Å². The van der Waals surface area contributed by atoms with Crippen LogP contribution in [0.3, 0.4) is 0 Å². The van der Waals surface area contributed by atoms with Crippen molar-refractivity contribution in [3.05, 3.63) is 152 Å². The van der Waals surface area contributed by atoms with Crippen LogP contribution in [0, 0.1) is 55.4 Å². The molecule has 7 heterocycles. The fourth-order valence-electron chi connectivity index (χ4n) is 8.33. The van der Waals surface area contributed by atoms with Crippen LogP contribution in [-0.4, -0.2) is 72.5 Å². The monoisotopic (exact) mass is 1060 g/mol. The molecule has 2 aliphatic heterocycles. The van der Waals surface area contributed by atoms with Crippen LogP contribution in [0.5, 0.6) is 0 Å². The quantitative estimate of drug-likeness (QED) is 0.0685. The zero-order chi connectivity index (χ0) is 51.1. The molecule has 0 amide bonds. The number of hydrogen-bond acceptors (Lipinski definition) is 14. The van der Waals surface area contributed by atoms with Gasteiger partial charge in [0.05, 0.1) is 34.4 Å². The molecule has 2 aliphatic rings. The van der Waals surface area contributed by atoms with E-state index in [-0.39, 0.29) is 43.8 Å². The van der Waals surface area contributed by atoms with Crippen molar-refractivity contribution >= 4 is 56.1 Å². The van der Waals surface area contributed by atoms with Gasteiger partial charge in [0.15, 0.2) is 0 Å². The van der Waals surface area contributed by atoms with Crippen LogP contribution >= 0.6 is 0 Å². The van der Waals surface area contributed by atoms with E-state index < -0.39 is 11.9 Å². The molecule has 8 bridgehead atoms. The van der Waals surface area contributed by atoms with Crippen molar-refractivity contribution in [2.75, 3.05) is 0 Å². The van der Waals surface area contributed by atoms with E-state index in [4.69, 9.17) is 60.6 Å². The first-order chi connectivity index (χ1) is 34.5. The molecule has 4 N–H and O–H groups in total. The summed E-state index contributed by atoms with van der Waals surface area (Å²) in [6.45, 7) is 17.0. The molecule has 0 atom stereocenters. The number of benzene rings is 4. The smallest absolute Gasteiger partial charge is 0.478 e. The normalized spacial score (nSPS) is 11.2. The third-order valence-corrected chi connectivity index (χ3v) is 12.9. The van der Waals surface area contributed by atoms with Crippen molar-refractivity contribution in [3.8, 4) is 45.6 Å². The van der Waals surface area contributed by atoms with E-state index in [0.717, 1.165) is 106 Å². The molecule has 0 unspecified atom stereocenters. The molecule has 11 rings (SSSR count). The van der Waals surface area contributed by atoms with Crippen LogP contribution in [0.15, 0.2) is 85.5 Å². The van der Waals surface area contributed by atoms with Crippen LogP contribution in [-0.2, 0) is 42.5 Å². The van der Waals surface area contributed by atoms with Crippen LogP contribution in [0.1, 0.15) is 76.4 Å². The molecule has 0 saturated heterocycles. The Morgan fingerprint density at radius 2 is 0.753 bits per heavy atom. The SMILES string of the molecule is Cc1cc2c(cc1C)-c1nc-2nc2[n-]c(nc3nc(nc4[n-]c(n1)c1cc(C)c(C)cc41)-c1cc(C)c(C)cc1-3)c1cc(C)c(C)cc21.O=C(O)c1ccncc1C(=O)O.OOCc1ccncc1COO.[Ru+2]. The van der Waals surface area contributed by atoms with Gasteiger partial charge in [-0.1, -0.05) is 24.3 Å². The Balaban J connectivity index is 0.000000234. The summed E-state index contributed by atoms with van der Waals surface area (Å²) in [6.07, 6.45) is 5.33. The van der Waals surface area contributed by atoms with Gasteiger partial charge in [-0.3, -0.25) is 20.5 Å². The maximum Gasteiger partial charge on any atom is 2.00 e. The number of aromatic nitrogens is 10. The Morgan fingerprint density at radius 3 is 1.08 bits per heavy atom. The first-order valence-corrected chi connectivity index (χ1v) is 22.6. The molecule has 5 aromatic heterocycles. The minimum Gasteiger partial charge on any atom is -0.478 e. The Bertz CT molecular complexity index is 3450. The number of carboxylic acid groups (broad SMARTS) is 2. The van der Waals surface area contributed by atoms with E-state index in [1.54, 1.807) is 12.3 Å². The first kappa shape index (κ1) is 51.3. The second kappa shape index (κ2) is 21.0. The van der Waals surface area contributed by atoms with Crippen LogP contribution < -0.4 is 9.97 Å². The van der Waals surface area contributed by atoms with E-state index in [0.29, 0.717) is 51.4 Å². The summed E-state index contributed by atoms with van der Waals surface area (Å²) in [5.41, 5.74) is 16.1. The number of carboxylic acids is 2. The predicted octanol–water partition coefficient (Wildman–Crippen LogP) is 10.1. The first-order valence-electron chi connectivity index (χ1n) is 22.6. The minimum atomic E-state index is -1.29. The number of hydrogen-bond donors (Lipinski definition) is 4. The summed E-state index contributed by atoms with van der Waals surface area (Å²) in [5, 5.41) is 37.1. The topological polar surface area (TPSA) is 265 Å². The van der Waals surface area contributed by atoms with Gasteiger partial charge in [-0.15, -0.1) is 0 Å². The van der Waals surface area contributed by atoms with Gasteiger partial charge in [0.2, 0.25) is 0 Å². The van der Waals surface area contributed by atoms with E-state index in [1.807, 2.05) is 0 Å². The molecule has 19 heteroatoms. The molecular weight excluding hydrogens is 1020 g/mol. The summed E-state index contributed by atoms with van der Waals surface area (Å²) >= 11 is 0. The summed E-state index contributed by atoms with van der Waals surface area (Å²) < 4.78 is 0. The molecule has 0 spiro atoms. The van der Waals surface area contributed by atoms with Crippen LogP contribution in [0.25, 0.3) is 89.7 Å². The largest absolute Gasteiger partial charge is 2.00 e.